The average Bonchev–Trinajstić information content (AvgIpc) is 2.88. The van der Waals surface area contributed by atoms with Crippen molar-refractivity contribution >= 4 is 17.0 Å². The van der Waals surface area contributed by atoms with E-state index in [-0.39, 0.29) is 0 Å². The highest BCUT2D eigenvalue weighted by molar-refractivity contribution is 7.10. The third kappa shape index (κ3) is 1.27. The van der Waals surface area contributed by atoms with Gasteiger partial charge in [0.2, 0.25) is 0 Å². The smallest absolute Gasteiger partial charge is 0.125 e. The first-order chi connectivity index (χ1) is 6.95. The molecule has 2 heterocycles. The van der Waals surface area contributed by atoms with Gasteiger partial charge in [0.15, 0.2) is 0 Å². The van der Waals surface area contributed by atoms with Gasteiger partial charge in [-0.3, -0.25) is 0 Å². The Bertz CT molecular complexity index is 344. The zero-order valence-electron chi connectivity index (χ0n) is 7.98. The van der Waals surface area contributed by atoms with E-state index in [2.05, 4.69) is 22.7 Å². The van der Waals surface area contributed by atoms with E-state index < -0.39 is 0 Å². The molecule has 0 amide bonds. The van der Waals surface area contributed by atoms with E-state index in [0.717, 1.165) is 6.61 Å². The van der Waals surface area contributed by atoms with Crippen LogP contribution in [-0.2, 0) is 4.84 Å². The second-order valence-electron chi connectivity index (χ2n) is 4.01. The molecule has 1 aliphatic carbocycles. The van der Waals surface area contributed by atoms with E-state index in [9.17, 15) is 0 Å². The third-order valence-electron chi connectivity index (χ3n) is 3.15. The molecule has 1 aromatic heterocycles. The fraction of sp³-hybridized carbons (Fsp3) is 0.545. The monoisotopic (exact) mass is 207 g/mol. The largest absolute Gasteiger partial charge is 0.395 e. The van der Waals surface area contributed by atoms with Gasteiger partial charge >= 0.3 is 0 Å². The van der Waals surface area contributed by atoms with Crippen LogP contribution in [0.25, 0.3) is 0 Å². The minimum atomic E-state index is 0.552. The summed E-state index contributed by atoms with van der Waals surface area (Å²) in [4.78, 5) is 6.67. The molecular weight excluding hydrogens is 194 g/mol. The second kappa shape index (κ2) is 3.39. The van der Waals surface area contributed by atoms with Crippen LogP contribution < -0.4 is 0 Å². The van der Waals surface area contributed by atoms with Crippen LogP contribution in [0.3, 0.4) is 0 Å². The summed E-state index contributed by atoms with van der Waals surface area (Å²) < 4.78 is 0. The Morgan fingerprint density at radius 2 is 2.43 bits per heavy atom. The van der Waals surface area contributed by atoms with E-state index in [1.807, 2.05) is 11.3 Å². The van der Waals surface area contributed by atoms with Crippen molar-refractivity contribution in [3.63, 3.8) is 0 Å². The van der Waals surface area contributed by atoms with Crippen molar-refractivity contribution in [1.82, 2.24) is 0 Å². The fourth-order valence-electron chi connectivity index (χ4n) is 2.43. The summed E-state index contributed by atoms with van der Waals surface area (Å²) in [7, 11) is 0. The van der Waals surface area contributed by atoms with Crippen LogP contribution in [0.4, 0.5) is 0 Å². The van der Waals surface area contributed by atoms with Crippen molar-refractivity contribution in [3.8, 4) is 0 Å². The third-order valence-corrected chi connectivity index (χ3v) is 4.14. The van der Waals surface area contributed by atoms with Crippen LogP contribution in [-0.4, -0.2) is 12.3 Å². The number of oxime groups is 1. The summed E-state index contributed by atoms with van der Waals surface area (Å²) >= 11 is 1.84. The molecule has 1 aromatic rings. The van der Waals surface area contributed by atoms with Crippen molar-refractivity contribution in [2.24, 2.45) is 11.1 Å². The van der Waals surface area contributed by atoms with Crippen molar-refractivity contribution < 1.29 is 4.84 Å². The number of hydrogen-bond acceptors (Lipinski definition) is 3. The molecule has 0 unspecified atom stereocenters. The van der Waals surface area contributed by atoms with Crippen LogP contribution in [0.2, 0.25) is 0 Å². The summed E-state index contributed by atoms with van der Waals surface area (Å²) in [5.74, 6) is 1.16. The highest BCUT2D eigenvalue weighted by Gasteiger charge is 2.34. The Labute approximate surface area is 87.6 Å². The Balaban J connectivity index is 1.92. The molecule has 3 heteroatoms. The van der Waals surface area contributed by atoms with Gasteiger partial charge < -0.3 is 4.84 Å². The zero-order valence-corrected chi connectivity index (χ0v) is 8.80. The molecule has 14 heavy (non-hydrogen) atoms. The number of thiophene rings is 1. The van der Waals surface area contributed by atoms with Gasteiger partial charge in [-0.15, -0.1) is 11.3 Å². The number of nitrogens with zero attached hydrogens (tertiary/aromatic N) is 1. The highest BCUT2D eigenvalue weighted by atomic mass is 32.1. The van der Waals surface area contributed by atoms with Crippen LogP contribution in [0.15, 0.2) is 22.7 Å². The first-order valence-corrected chi connectivity index (χ1v) is 6.06. The van der Waals surface area contributed by atoms with Crippen molar-refractivity contribution in [2.45, 2.75) is 25.2 Å². The van der Waals surface area contributed by atoms with Gasteiger partial charge in [-0.25, -0.2) is 0 Å². The van der Waals surface area contributed by atoms with Gasteiger partial charge in [0.05, 0.1) is 5.71 Å². The quantitative estimate of drug-likeness (QED) is 0.693. The second-order valence-corrected chi connectivity index (χ2v) is 4.99. The lowest BCUT2D eigenvalue weighted by Gasteiger charge is -2.24. The van der Waals surface area contributed by atoms with Crippen molar-refractivity contribution in [3.05, 3.63) is 22.4 Å². The molecule has 2 nitrogen and oxygen atoms in total. The number of rotatable bonds is 1. The summed E-state index contributed by atoms with van der Waals surface area (Å²) in [6, 6.07) is 4.35. The molecule has 2 aliphatic rings. The normalized spacial score (nSPS) is 30.7. The van der Waals surface area contributed by atoms with Crippen LogP contribution >= 0.6 is 11.3 Å². The van der Waals surface area contributed by atoms with Crippen LogP contribution in [0.1, 0.15) is 30.1 Å². The standard InChI is InChI=1S/C11H13NOS/c1-3-8-7-13-12-11(8)9(4-1)10-5-2-6-14-10/h2,5-6,8-9H,1,3-4,7H2/t8-,9+/m0/s1. The van der Waals surface area contributed by atoms with Gasteiger partial charge in [0.25, 0.3) is 0 Å². The minimum Gasteiger partial charge on any atom is -0.395 e. The van der Waals surface area contributed by atoms with E-state index in [0.29, 0.717) is 11.8 Å². The summed E-state index contributed by atoms with van der Waals surface area (Å²) in [6.45, 7) is 0.817. The van der Waals surface area contributed by atoms with Crippen LogP contribution in [0, 0.1) is 5.92 Å². The molecule has 0 bridgehead atoms. The SMILES string of the molecule is c1csc([C@H]2CCC[C@H]3CON=C32)c1. The Hall–Kier alpha value is -0.830. The first-order valence-electron chi connectivity index (χ1n) is 5.18. The Morgan fingerprint density at radius 1 is 1.43 bits per heavy atom. The maximum Gasteiger partial charge on any atom is 0.125 e. The van der Waals surface area contributed by atoms with Gasteiger partial charge in [0, 0.05) is 16.7 Å². The van der Waals surface area contributed by atoms with E-state index in [1.165, 1.54) is 29.9 Å². The van der Waals surface area contributed by atoms with Gasteiger partial charge in [-0.05, 0) is 24.3 Å². The molecule has 0 spiro atoms. The molecule has 0 aromatic carbocycles. The number of fused-ring (bicyclic) bond motifs is 1. The first kappa shape index (κ1) is 8.48. The van der Waals surface area contributed by atoms with Crippen LogP contribution in [0.5, 0.6) is 0 Å². The lowest BCUT2D eigenvalue weighted by atomic mass is 9.79. The Morgan fingerprint density at radius 3 is 3.29 bits per heavy atom. The topological polar surface area (TPSA) is 21.6 Å². The Kier molecular flexibility index (Phi) is 2.05. The molecule has 0 N–H and O–H groups in total. The molecule has 3 rings (SSSR count). The fourth-order valence-corrected chi connectivity index (χ4v) is 3.31. The van der Waals surface area contributed by atoms with Gasteiger partial charge in [0.1, 0.15) is 6.61 Å². The summed E-state index contributed by atoms with van der Waals surface area (Å²) in [5, 5.41) is 6.37. The maximum atomic E-state index is 5.21. The maximum absolute atomic E-state index is 5.21. The highest BCUT2D eigenvalue weighted by Crippen LogP contribution is 2.38. The zero-order chi connectivity index (χ0) is 9.38. The predicted molar refractivity (Wildman–Crippen MR) is 57.8 cm³/mol. The van der Waals surface area contributed by atoms with E-state index in [4.69, 9.17) is 4.84 Å². The molecule has 1 saturated carbocycles. The van der Waals surface area contributed by atoms with E-state index in [1.54, 1.807) is 0 Å². The van der Waals surface area contributed by atoms with E-state index >= 15 is 0 Å². The van der Waals surface area contributed by atoms with Gasteiger partial charge in [-0.2, -0.15) is 0 Å². The average molecular weight is 207 g/mol. The predicted octanol–water partition coefficient (Wildman–Crippen LogP) is 3.02. The molecule has 1 fully saturated rings. The summed E-state index contributed by atoms with van der Waals surface area (Å²) in [5.41, 5.74) is 1.30. The van der Waals surface area contributed by atoms with Crippen molar-refractivity contribution in [2.75, 3.05) is 6.61 Å². The molecule has 0 radical (unpaired) electrons. The molecule has 2 atom stereocenters. The minimum absolute atomic E-state index is 0.552. The lowest BCUT2D eigenvalue weighted by Crippen LogP contribution is -2.25. The lowest BCUT2D eigenvalue weighted by molar-refractivity contribution is 0.152. The summed E-state index contributed by atoms with van der Waals surface area (Å²) in [6.07, 6.45) is 3.83. The number of hydrogen-bond donors (Lipinski definition) is 0. The molecule has 74 valence electrons. The molecular formula is C11H13NOS. The van der Waals surface area contributed by atoms with Gasteiger partial charge in [-0.1, -0.05) is 17.6 Å². The molecule has 0 saturated heterocycles. The molecule has 1 aliphatic heterocycles. The van der Waals surface area contributed by atoms with Crippen molar-refractivity contribution in [1.29, 1.82) is 0 Å².